The Morgan fingerprint density at radius 1 is 0.838 bits per heavy atom. The highest BCUT2D eigenvalue weighted by Crippen LogP contribution is 2.06. The van der Waals surface area contributed by atoms with Crippen molar-refractivity contribution in [2.24, 2.45) is 17.2 Å². The number of aromatic nitrogens is 2. The van der Waals surface area contributed by atoms with Crippen LogP contribution >= 0.6 is 0 Å². The summed E-state index contributed by atoms with van der Waals surface area (Å²) in [5.41, 5.74) is 16.1. The molecular formula is C20H30N8O9. The second kappa shape index (κ2) is 14.8. The van der Waals surface area contributed by atoms with Crippen molar-refractivity contribution in [3.63, 3.8) is 0 Å². The lowest BCUT2D eigenvalue weighted by Gasteiger charge is -2.24. The normalized spacial score (nSPS) is 13.9. The number of carboxylic acid groups (broad SMARTS) is 2. The summed E-state index contributed by atoms with van der Waals surface area (Å²) < 4.78 is 0. The summed E-state index contributed by atoms with van der Waals surface area (Å²) in [4.78, 5) is 89.3. The zero-order valence-corrected chi connectivity index (χ0v) is 19.6. The summed E-state index contributed by atoms with van der Waals surface area (Å²) in [6.07, 6.45) is 0.433. The van der Waals surface area contributed by atoms with Gasteiger partial charge in [0.15, 0.2) is 0 Å². The molecule has 5 amide bonds. The van der Waals surface area contributed by atoms with Crippen molar-refractivity contribution in [3.8, 4) is 0 Å². The molecule has 0 spiro atoms. The summed E-state index contributed by atoms with van der Waals surface area (Å²) >= 11 is 0. The van der Waals surface area contributed by atoms with Gasteiger partial charge in [0.25, 0.3) is 0 Å². The first-order valence-corrected chi connectivity index (χ1v) is 10.9. The maximum Gasteiger partial charge on any atom is 0.326 e. The zero-order chi connectivity index (χ0) is 28.1. The van der Waals surface area contributed by atoms with Gasteiger partial charge in [-0.2, -0.15) is 0 Å². The Morgan fingerprint density at radius 3 is 1.84 bits per heavy atom. The second-order valence-corrected chi connectivity index (χ2v) is 8.02. The number of nitrogens with two attached hydrogens (primary N) is 3. The van der Waals surface area contributed by atoms with Gasteiger partial charge in [-0.05, 0) is 12.8 Å². The molecule has 0 aromatic carbocycles. The van der Waals surface area contributed by atoms with E-state index < -0.39 is 72.1 Å². The van der Waals surface area contributed by atoms with E-state index in [4.69, 9.17) is 22.3 Å². The number of primary amides is 2. The third-order valence-corrected chi connectivity index (χ3v) is 4.95. The Bertz CT molecular complexity index is 998. The van der Waals surface area contributed by atoms with E-state index in [1.165, 1.54) is 12.5 Å². The average Bonchev–Trinajstić information content (AvgIpc) is 3.30. The summed E-state index contributed by atoms with van der Waals surface area (Å²) in [7, 11) is 0. The number of imidazole rings is 1. The van der Waals surface area contributed by atoms with E-state index in [1.807, 2.05) is 0 Å². The number of hydrogen-bond donors (Lipinski definition) is 9. The number of aromatic amines is 1. The van der Waals surface area contributed by atoms with Gasteiger partial charge in [0.1, 0.15) is 18.1 Å². The van der Waals surface area contributed by atoms with Crippen molar-refractivity contribution in [1.82, 2.24) is 25.9 Å². The van der Waals surface area contributed by atoms with Crippen LogP contribution in [0.4, 0.5) is 0 Å². The van der Waals surface area contributed by atoms with Crippen LogP contribution in [0.3, 0.4) is 0 Å². The quantitative estimate of drug-likeness (QED) is 0.0937. The van der Waals surface area contributed by atoms with Crippen LogP contribution in [-0.4, -0.2) is 85.8 Å². The Morgan fingerprint density at radius 2 is 1.35 bits per heavy atom. The molecule has 0 aliphatic heterocycles. The molecule has 204 valence electrons. The van der Waals surface area contributed by atoms with E-state index in [1.54, 1.807) is 0 Å². The Labute approximate surface area is 209 Å². The van der Waals surface area contributed by atoms with E-state index in [0.717, 1.165) is 0 Å². The minimum absolute atomic E-state index is 0.169. The topological polar surface area (TPSA) is 303 Å². The first kappa shape index (κ1) is 30.5. The van der Waals surface area contributed by atoms with Gasteiger partial charge in [0.2, 0.25) is 29.5 Å². The largest absolute Gasteiger partial charge is 0.481 e. The number of carbonyl (C=O) groups is 7. The molecule has 0 fully saturated rings. The molecule has 0 aliphatic rings. The zero-order valence-electron chi connectivity index (χ0n) is 19.6. The number of carbonyl (C=O) groups excluding carboxylic acids is 5. The number of hydrogen-bond acceptors (Lipinski definition) is 9. The van der Waals surface area contributed by atoms with Crippen molar-refractivity contribution in [1.29, 1.82) is 0 Å². The van der Waals surface area contributed by atoms with E-state index in [2.05, 4.69) is 25.9 Å². The van der Waals surface area contributed by atoms with E-state index in [9.17, 15) is 38.7 Å². The molecule has 4 atom stereocenters. The number of nitrogens with one attached hydrogen (secondary N) is 4. The second-order valence-electron chi connectivity index (χ2n) is 8.02. The predicted octanol–water partition coefficient (Wildman–Crippen LogP) is -4.18. The minimum Gasteiger partial charge on any atom is -0.481 e. The van der Waals surface area contributed by atoms with E-state index >= 15 is 0 Å². The monoisotopic (exact) mass is 526 g/mol. The van der Waals surface area contributed by atoms with E-state index in [-0.39, 0.29) is 32.1 Å². The lowest BCUT2D eigenvalue weighted by Crippen LogP contribution is -2.58. The first-order chi connectivity index (χ1) is 17.3. The van der Waals surface area contributed by atoms with Crippen molar-refractivity contribution in [3.05, 3.63) is 18.2 Å². The predicted molar refractivity (Wildman–Crippen MR) is 123 cm³/mol. The SMILES string of the molecule is NC(=O)CCC(NC(=O)C(CCC(N)=O)NC(=O)C(Cc1cnc[nH]1)NC(=O)C(N)CC(=O)O)C(=O)O. The maximum absolute atomic E-state index is 13.1. The van der Waals surface area contributed by atoms with E-state index in [0.29, 0.717) is 5.69 Å². The molecule has 1 heterocycles. The summed E-state index contributed by atoms with van der Waals surface area (Å²) in [5, 5.41) is 25.0. The smallest absolute Gasteiger partial charge is 0.326 e. The van der Waals surface area contributed by atoms with Crippen LogP contribution in [0.1, 0.15) is 37.8 Å². The number of nitrogens with zero attached hydrogens (tertiary/aromatic N) is 1. The molecule has 37 heavy (non-hydrogen) atoms. The van der Waals surface area contributed by atoms with Crippen LogP contribution in [0.2, 0.25) is 0 Å². The van der Waals surface area contributed by atoms with Crippen LogP contribution in [0.15, 0.2) is 12.5 Å². The lowest BCUT2D eigenvalue weighted by molar-refractivity contribution is -0.142. The molecule has 0 radical (unpaired) electrons. The highest BCUT2D eigenvalue weighted by atomic mass is 16.4. The molecule has 1 rings (SSSR count). The van der Waals surface area contributed by atoms with Crippen molar-refractivity contribution in [2.75, 3.05) is 0 Å². The lowest BCUT2D eigenvalue weighted by atomic mass is 10.1. The molecule has 17 heteroatoms. The maximum atomic E-state index is 13.1. The fourth-order valence-corrected chi connectivity index (χ4v) is 3.03. The van der Waals surface area contributed by atoms with Gasteiger partial charge < -0.3 is 48.3 Å². The highest BCUT2D eigenvalue weighted by molar-refractivity contribution is 5.95. The highest BCUT2D eigenvalue weighted by Gasteiger charge is 2.31. The number of carboxylic acids is 2. The van der Waals surface area contributed by atoms with Gasteiger partial charge in [-0.25, -0.2) is 9.78 Å². The molecule has 1 aromatic rings. The molecule has 1 aromatic heterocycles. The fraction of sp³-hybridized carbons (Fsp3) is 0.500. The summed E-state index contributed by atoms with van der Waals surface area (Å²) in [6, 6.07) is -5.85. The van der Waals surface area contributed by atoms with Gasteiger partial charge in [-0.3, -0.25) is 28.8 Å². The van der Waals surface area contributed by atoms with Crippen LogP contribution in [-0.2, 0) is 40.0 Å². The molecular weight excluding hydrogens is 496 g/mol. The third-order valence-electron chi connectivity index (χ3n) is 4.95. The first-order valence-electron chi connectivity index (χ1n) is 10.9. The third kappa shape index (κ3) is 11.6. The van der Waals surface area contributed by atoms with Crippen LogP contribution in [0, 0.1) is 0 Å². The van der Waals surface area contributed by atoms with Gasteiger partial charge in [0, 0.05) is 31.2 Å². The standard InChI is InChI=1S/C20H30N8O9/c21-10(6-16(31)32)17(33)28-13(5-9-7-24-8-25-9)19(35)26-11(1-3-14(22)29)18(34)27-12(20(36)37)2-4-15(23)30/h7-8,10-13H,1-6,21H2,(H2,22,29)(H2,23,30)(H,24,25)(H,26,35)(H,27,34)(H,28,33)(H,31,32)(H,36,37). The molecule has 12 N–H and O–H groups in total. The van der Waals surface area contributed by atoms with Gasteiger partial charge in [-0.15, -0.1) is 0 Å². The molecule has 0 bridgehead atoms. The van der Waals surface area contributed by atoms with Crippen molar-refractivity contribution in [2.45, 2.75) is 62.7 Å². The Hall–Kier alpha value is -4.54. The molecule has 0 aliphatic carbocycles. The number of amides is 5. The summed E-state index contributed by atoms with van der Waals surface area (Å²) in [5.74, 6) is -7.30. The number of H-pyrrole nitrogens is 1. The van der Waals surface area contributed by atoms with Gasteiger partial charge >= 0.3 is 11.9 Å². The van der Waals surface area contributed by atoms with Crippen LogP contribution in [0.25, 0.3) is 0 Å². The Balaban J connectivity index is 3.08. The average molecular weight is 527 g/mol. The molecule has 4 unspecified atom stereocenters. The molecule has 17 nitrogen and oxygen atoms in total. The van der Waals surface area contributed by atoms with Crippen LogP contribution in [0.5, 0.6) is 0 Å². The van der Waals surface area contributed by atoms with Gasteiger partial charge in [-0.1, -0.05) is 0 Å². The number of rotatable bonds is 17. The molecule has 0 saturated heterocycles. The summed E-state index contributed by atoms with van der Waals surface area (Å²) in [6.45, 7) is 0. The fourth-order valence-electron chi connectivity index (χ4n) is 3.03. The van der Waals surface area contributed by atoms with Crippen LogP contribution < -0.4 is 33.2 Å². The molecule has 0 saturated carbocycles. The number of aliphatic carboxylic acids is 2. The van der Waals surface area contributed by atoms with Crippen molar-refractivity contribution < 1.29 is 43.8 Å². The van der Waals surface area contributed by atoms with Gasteiger partial charge in [0.05, 0.1) is 18.8 Å². The minimum atomic E-state index is -1.53. The Kier molecular flexibility index (Phi) is 12.2. The van der Waals surface area contributed by atoms with Crippen molar-refractivity contribution >= 4 is 41.5 Å².